The van der Waals surface area contributed by atoms with Crippen molar-refractivity contribution in [2.24, 2.45) is 0 Å². The monoisotopic (exact) mass is 404 g/mol. The van der Waals surface area contributed by atoms with Crippen LogP contribution in [0.25, 0.3) is 0 Å². The number of hydrogen-bond acceptors (Lipinski definition) is 5. The lowest BCUT2D eigenvalue weighted by Crippen LogP contribution is -2.49. The number of benzene rings is 1. The normalized spacial score (nSPS) is 18.0. The van der Waals surface area contributed by atoms with Crippen LogP contribution in [0.15, 0.2) is 35.2 Å². The van der Waals surface area contributed by atoms with Crippen LogP contribution in [0.3, 0.4) is 0 Å². The fourth-order valence-electron chi connectivity index (χ4n) is 3.72. The summed E-state index contributed by atoms with van der Waals surface area (Å²) in [5.41, 5.74) is 1.72. The zero-order chi connectivity index (χ0) is 20.1. The first kappa shape index (κ1) is 20.6. The van der Waals surface area contributed by atoms with Crippen LogP contribution in [0.2, 0.25) is 0 Å². The van der Waals surface area contributed by atoms with Gasteiger partial charge >= 0.3 is 0 Å². The van der Waals surface area contributed by atoms with Crippen molar-refractivity contribution in [3.63, 3.8) is 0 Å². The molecule has 0 N–H and O–H groups in total. The van der Waals surface area contributed by atoms with Gasteiger partial charge in [0.2, 0.25) is 5.91 Å². The Balaban J connectivity index is 1.49. The van der Waals surface area contributed by atoms with Crippen LogP contribution in [0, 0.1) is 0 Å². The van der Waals surface area contributed by atoms with Gasteiger partial charge in [0, 0.05) is 48.8 Å². The first-order chi connectivity index (χ1) is 13.4. The zero-order valence-electron chi connectivity index (χ0n) is 16.4. The molecule has 1 amide bonds. The number of nitrogens with zero attached hydrogens (tertiary/aromatic N) is 2. The van der Waals surface area contributed by atoms with Crippen LogP contribution in [0.1, 0.15) is 49.4 Å². The minimum atomic E-state index is -3.31. The average molecular weight is 405 g/mol. The van der Waals surface area contributed by atoms with E-state index < -0.39 is 9.84 Å². The molecule has 1 aliphatic heterocycles. The molecule has 1 fully saturated rings. The second-order valence-corrected chi connectivity index (χ2v) is 9.62. The molecule has 2 aliphatic rings. The van der Waals surface area contributed by atoms with E-state index in [0.717, 1.165) is 24.9 Å². The Morgan fingerprint density at radius 1 is 1.00 bits per heavy atom. The molecule has 1 heterocycles. The van der Waals surface area contributed by atoms with E-state index in [0.29, 0.717) is 43.1 Å². The number of allylic oxidation sites excluding steroid dienone is 2. The largest absolute Gasteiger partial charge is 0.368 e. The van der Waals surface area contributed by atoms with E-state index in [1.54, 1.807) is 11.8 Å². The number of piperazine rings is 1. The van der Waals surface area contributed by atoms with Gasteiger partial charge in [0.05, 0.1) is 5.75 Å². The smallest absolute Gasteiger partial charge is 0.223 e. The van der Waals surface area contributed by atoms with Gasteiger partial charge in [-0.1, -0.05) is 6.08 Å². The van der Waals surface area contributed by atoms with E-state index in [4.69, 9.17) is 0 Å². The molecule has 1 aliphatic carbocycles. The lowest BCUT2D eigenvalue weighted by Gasteiger charge is -2.36. The Morgan fingerprint density at radius 3 is 2.25 bits per heavy atom. The maximum Gasteiger partial charge on any atom is 0.223 e. The maximum atomic E-state index is 12.5. The summed E-state index contributed by atoms with van der Waals surface area (Å²) in [7, 11) is -3.31. The van der Waals surface area contributed by atoms with Crippen LogP contribution in [-0.2, 0) is 14.6 Å². The predicted octanol–water partition coefficient (Wildman–Crippen LogP) is 2.80. The highest BCUT2D eigenvalue weighted by Crippen LogP contribution is 2.23. The van der Waals surface area contributed by atoms with E-state index in [2.05, 4.69) is 4.90 Å². The number of sulfone groups is 1. The second kappa shape index (κ2) is 8.90. The number of hydrogen-bond donors (Lipinski definition) is 0. The third kappa shape index (κ3) is 5.01. The number of amides is 1. The van der Waals surface area contributed by atoms with Gasteiger partial charge in [-0.05, 0) is 56.9 Å². The van der Waals surface area contributed by atoms with Crippen molar-refractivity contribution >= 4 is 27.2 Å². The molecule has 3 rings (SSSR count). The molecular weight excluding hydrogens is 376 g/mol. The molecule has 1 aromatic rings. The van der Waals surface area contributed by atoms with Gasteiger partial charge in [-0.2, -0.15) is 0 Å². The van der Waals surface area contributed by atoms with Crippen LogP contribution in [0.5, 0.6) is 0 Å². The third-order valence-electron chi connectivity index (χ3n) is 5.50. The molecular formula is C21H28N2O4S. The lowest BCUT2D eigenvalue weighted by atomic mass is 10.1. The average Bonchev–Trinajstić information content (AvgIpc) is 2.73. The Hall–Kier alpha value is -2.15. The highest BCUT2D eigenvalue weighted by atomic mass is 32.2. The van der Waals surface area contributed by atoms with Gasteiger partial charge in [0.25, 0.3) is 0 Å². The van der Waals surface area contributed by atoms with Crippen molar-refractivity contribution in [3.05, 3.63) is 40.8 Å². The summed E-state index contributed by atoms with van der Waals surface area (Å²) >= 11 is 0. The quantitative estimate of drug-likeness (QED) is 0.682. The fourth-order valence-corrected chi connectivity index (χ4v) is 5.26. The molecule has 0 spiro atoms. The molecule has 7 heteroatoms. The Bertz CT molecular complexity index is 851. The molecule has 28 heavy (non-hydrogen) atoms. The summed E-state index contributed by atoms with van der Waals surface area (Å²) in [4.78, 5) is 28.3. The number of carbonyl (C=O) groups is 2. The van der Waals surface area contributed by atoms with Gasteiger partial charge in [0.15, 0.2) is 15.6 Å². The Morgan fingerprint density at radius 2 is 1.68 bits per heavy atom. The highest BCUT2D eigenvalue weighted by Gasteiger charge is 2.25. The van der Waals surface area contributed by atoms with Crippen molar-refractivity contribution in [3.8, 4) is 0 Å². The number of carbonyl (C=O) groups excluding carboxylic acids is 2. The Labute approximate surface area is 167 Å². The Kier molecular flexibility index (Phi) is 6.54. The minimum Gasteiger partial charge on any atom is -0.368 e. The highest BCUT2D eigenvalue weighted by molar-refractivity contribution is 7.95. The molecule has 0 saturated carbocycles. The number of anilines is 1. The van der Waals surface area contributed by atoms with Crippen molar-refractivity contribution < 1.29 is 18.0 Å². The summed E-state index contributed by atoms with van der Waals surface area (Å²) in [6.45, 7) is 4.10. The first-order valence-electron chi connectivity index (χ1n) is 9.92. The van der Waals surface area contributed by atoms with Crippen molar-refractivity contribution in [1.29, 1.82) is 0 Å². The minimum absolute atomic E-state index is 0.0425. The zero-order valence-corrected chi connectivity index (χ0v) is 17.2. The van der Waals surface area contributed by atoms with Gasteiger partial charge in [-0.15, -0.1) is 0 Å². The van der Waals surface area contributed by atoms with E-state index >= 15 is 0 Å². The topological polar surface area (TPSA) is 74.8 Å². The van der Waals surface area contributed by atoms with Crippen LogP contribution in [0.4, 0.5) is 5.69 Å². The van der Waals surface area contributed by atoms with E-state index in [1.807, 2.05) is 30.3 Å². The standard InChI is InChI=1S/C21H28N2O4S/c1-17(24)18-7-9-19(10-8-18)22-12-14-23(15-13-22)21(25)11-16-28(26,27)20-5-3-2-4-6-20/h5,7-10H,2-4,6,11-16H2,1H3. The first-order valence-corrected chi connectivity index (χ1v) is 11.6. The van der Waals surface area contributed by atoms with Gasteiger partial charge in [0.1, 0.15) is 0 Å². The van der Waals surface area contributed by atoms with E-state index in [9.17, 15) is 18.0 Å². The molecule has 6 nitrogen and oxygen atoms in total. The summed E-state index contributed by atoms with van der Waals surface area (Å²) in [5.74, 6) is -0.142. The third-order valence-corrected chi connectivity index (χ3v) is 7.42. The molecule has 0 atom stereocenters. The summed E-state index contributed by atoms with van der Waals surface area (Å²) in [5, 5.41) is 0. The predicted molar refractivity (Wildman–Crippen MR) is 110 cm³/mol. The summed E-state index contributed by atoms with van der Waals surface area (Å²) in [6, 6.07) is 7.50. The summed E-state index contributed by atoms with van der Waals surface area (Å²) < 4.78 is 24.8. The van der Waals surface area contributed by atoms with Crippen LogP contribution in [-0.4, -0.2) is 56.9 Å². The van der Waals surface area contributed by atoms with E-state index in [-0.39, 0.29) is 23.9 Å². The van der Waals surface area contributed by atoms with Gasteiger partial charge in [-0.3, -0.25) is 9.59 Å². The van der Waals surface area contributed by atoms with E-state index in [1.165, 1.54) is 0 Å². The molecule has 0 radical (unpaired) electrons. The fraction of sp³-hybridized carbons (Fsp3) is 0.524. The number of Topliss-reactive ketones (excluding diaryl/α,β-unsaturated/α-hetero) is 1. The second-order valence-electron chi connectivity index (χ2n) is 7.46. The number of ketones is 1. The van der Waals surface area contributed by atoms with Gasteiger partial charge in [-0.25, -0.2) is 8.42 Å². The molecule has 0 bridgehead atoms. The van der Waals surface area contributed by atoms with Crippen molar-refractivity contribution in [1.82, 2.24) is 4.90 Å². The SMILES string of the molecule is CC(=O)c1ccc(N2CCN(C(=O)CCS(=O)(=O)C3=CCCCC3)CC2)cc1. The van der Waals surface area contributed by atoms with Crippen molar-refractivity contribution in [2.75, 3.05) is 36.8 Å². The molecule has 0 unspecified atom stereocenters. The summed E-state index contributed by atoms with van der Waals surface area (Å²) in [6.07, 6.45) is 5.25. The molecule has 152 valence electrons. The number of rotatable bonds is 6. The maximum absolute atomic E-state index is 12.5. The lowest BCUT2D eigenvalue weighted by molar-refractivity contribution is -0.131. The molecule has 1 aromatic carbocycles. The van der Waals surface area contributed by atoms with Crippen LogP contribution < -0.4 is 4.90 Å². The molecule has 0 aromatic heterocycles. The van der Waals surface area contributed by atoms with Gasteiger partial charge < -0.3 is 9.80 Å². The van der Waals surface area contributed by atoms with Crippen LogP contribution >= 0.6 is 0 Å². The molecule has 1 saturated heterocycles. The van der Waals surface area contributed by atoms with Crippen molar-refractivity contribution in [2.45, 2.75) is 39.0 Å².